The standard InChI is InChI=1S/C12H7ClFN3O4/c13-6-1-2-7(14)9(5-6)16-11-10(17(20)21)4-3-8(15-11)12(18)19/h1-5H,(H,15,16)(H,18,19). The second kappa shape index (κ2) is 5.71. The first-order valence-electron chi connectivity index (χ1n) is 5.49. The van der Waals surface area contributed by atoms with Crippen LogP contribution in [0.4, 0.5) is 21.6 Å². The van der Waals surface area contributed by atoms with Crippen LogP contribution >= 0.6 is 11.6 Å². The van der Waals surface area contributed by atoms with Crippen molar-refractivity contribution in [3.8, 4) is 0 Å². The second-order valence-corrected chi connectivity index (χ2v) is 4.31. The Bertz CT molecular complexity index is 738. The summed E-state index contributed by atoms with van der Waals surface area (Å²) in [5.41, 5.74) is -1.05. The summed E-state index contributed by atoms with van der Waals surface area (Å²) >= 11 is 5.71. The maximum absolute atomic E-state index is 13.6. The summed E-state index contributed by atoms with van der Waals surface area (Å²) in [7, 11) is 0. The molecule has 21 heavy (non-hydrogen) atoms. The number of nitrogens with one attached hydrogen (secondary N) is 1. The van der Waals surface area contributed by atoms with E-state index in [1.807, 2.05) is 0 Å². The Labute approximate surface area is 122 Å². The van der Waals surface area contributed by atoms with E-state index in [1.165, 1.54) is 12.1 Å². The number of halogens is 2. The van der Waals surface area contributed by atoms with E-state index in [0.717, 1.165) is 18.2 Å². The SMILES string of the molecule is O=C(O)c1ccc([N+](=O)[O-])c(Nc2cc(Cl)ccc2F)n1. The van der Waals surface area contributed by atoms with E-state index in [2.05, 4.69) is 10.3 Å². The minimum Gasteiger partial charge on any atom is -0.477 e. The smallest absolute Gasteiger partial charge is 0.354 e. The first-order valence-corrected chi connectivity index (χ1v) is 5.87. The van der Waals surface area contributed by atoms with Gasteiger partial charge in [-0.1, -0.05) is 11.6 Å². The molecule has 7 nitrogen and oxygen atoms in total. The number of benzene rings is 1. The largest absolute Gasteiger partial charge is 0.477 e. The molecule has 0 bridgehead atoms. The molecule has 0 saturated heterocycles. The molecular weight excluding hydrogens is 305 g/mol. The molecule has 0 fully saturated rings. The number of hydrogen-bond acceptors (Lipinski definition) is 5. The summed E-state index contributed by atoms with van der Waals surface area (Å²) in [6.07, 6.45) is 0. The Balaban J connectivity index is 2.50. The molecule has 9 heteroatoms. The number of rotatable bonds is 4. The molecule has 0 aliphatic heterocycles. The Morgan fingerprint density at radius 1 is 1.38 bits per heavy atom. The van der Waals surface area contributed by atoms with Gasteiger partial charge in [0, 0.05) is 11.1 Å². The monoisotopic (exact) mass is 311 g/mol. The van der Waals surface area contributed by atoms with Crippen LogP contribution in [0.2, 0.25) is 5.02 Å². The topological polar surface area (TPSA) is 105 Å². The lowest BCUT2D eigenvalue weighted by atomic mass is 10.2. The zero-order valence-electron chi connectivity index (χ0n) is 10.2. The average molecular weight is 312 g/mol. The van der Waals surface area contributed by atoms with Gasteiger partial charge in [-0.25, -0.2) is 14.2 Å². The van der Waals surface area contributed by atoms with Crippen molar-refractivity contribution in [2.24, 2.45) is 0 Å². The third-order valence-corrected chi connectivity index (χ3v) is 2.71. The van der Waals surface area contributed by atoms with Gasteiger partial charge in [-0.3, -0.25) is 10.1 Å². The minimum atomic E-state index is -1.36. The number of carboxylic acids is 1. The Kier molecular flexibility index (Phi) is 3.99. The van der Waals surface area contributed by atoms with E-state index in [0.29, 0.717) is 0 Å². The van der Waals surface area contributed by atoms with Crippen LogP contribution in [0.25, 0.3) is 0 Å². The minimum absolute atomic E-state index is 0.152. The van der Waals surface area contributed by atoms with Crippen molar-refractivity contribution >= 4 is 34.8 Å². The van der Waals surface area contributed by atoms with Crippen LogP contribution in [0.1, 0.15) is 10.5 Å². The van der Waals surface area contributed by atoms with E-state index in [-0.39, 0.29) is 16.5 Å². The quantitative estimate of drug-likeness (QED) is 0.663. The molecule has 2 rings (SSSR count). The molecule has 0 aliphatic rings. The molecule has 0 spiro atoms. The highest BCUT2D eigenvalue weighted by Gasteiger charge is 2.19. The first-order chi connectivity index (χ1) is 9.88. The Morgan fingerprint density at radius 2 is 2.10 bits per heavy atom. The first kappa shape index (κ1) is 14.7. The summed E-state index contributed by atoms with van der Waals surface area (Å²) in [5.74, 6) is -2.46. The second-order valence-electron chi connectivity index (χ2n) is 3.88. The number of pyridine rings is 1. The fourth-order valence-corrected chi connectivity index (χ4v) is 1.70. The maximum Gasteiger partial charge on any atom is 0.354 e. The highest BCUT2D eigenvalue weighted by molar-refractivity contribution is 6.30. The predicted molar refractivity (Wildman–Crippen MR) is 72.5 cm³/mol. The molecule has 0 radical (unpaired) electrons. The van der Waals surface area contributed by atoms with Gasteiger partial charge < -0.3 is 10.4 Å². The average Bonchev–Trinajstić information content (AvgIpc) is 2.42. The molecule has 2 aromatic rings. The van der Waals surface area contributed by atoms with Crippen LogP contribution in [0.15, 0.2) is 30.3 Å². The van der Waals surface area contributed by atoms with Crippen LogP contribution in [-0.2, 0) is 0 Å². The van der Waals surface area contributed by atoms with Gasteiger partial charge in [0.15, 0.2) is 5.69 Å². The van der Waals surface area contributed by atoms with E-state index in [4.69, 9.17) is 16.7 Å². The summed E-state index contributed by atoms with van der Waals surface area (Å²) in [5, 5.41) is 22.3. The number of aromatic carboxylic acids is 1. The van der Waals surface area contributed by atoms with Crippen molar-refractivity contribution in [2.45, 2.75) is 0 Å². The van der Waals surface area contributed by atoms with Crippen LogP contribution in [0.3, 0.4) is 0 Å². The van der Waals surface area contributed by atoms with E-state index >= 15 is 0 Å². The fourth-order valence-electron chi connectivity index (χ4n) is 1.53. The highest BCUT2D eigenvalue weighted by Crippen LogP contribution is 2.28. The lowest BCUT2D eigenvalue weighted by Crippen LogP contribution is -2.06. The van der Waals surface area contributed by atoms with Gasteiger partial charge >= 0.3 is 11.7 Å². The lowest BCUT2D eigenvalue weighted by Gasteiger charge is -2.08. The third kappa shape index (κ3) is 3.23. The van der Waals surface area contributed by atoms with Gasteiger partial charge in [-0.05, 0) is 24.3 Å². The van der Waals surface area contributed by atoms with E-state index in [1.54, 1.807) is 0 Å². The summed E-state index contributed by atoms with van der Waals surface area (Å²) in [6.45, 7) is 0. The number of nitro groups is 1. The molecule has 0 amide bonds. The lowest BCUT2D eigenvalue weighted by molar-refractivity contribution is -0.384. The molecule has 0 atom stereocenters. The summed E-state index contributed by atoms with van der Waals surface area (Å²) < 4.78 is 13.6. The van der Waals surface area contributed by atoms with E-state index < -0.39 is 28.1 Å². The van der Waals surface area contributed by atoms with Gasteiger partial charge in [0.1, 0.15) is 5.82 Å². The zero-order valence-corrected chi connectivity index (χ0v) is 11.0. The van der Waals surface area contributed by atoms with Crippen molar-refractivity contribution in [2.75, 3.05) is 5.32 Å². The molecule has 108 valence electrons. The summed E-state index contributed by atoms with van der Waals surface area (Å²) in [4.78, 5) is 24.6. The zero-order chi connectivity index (χ0) is 15.6. The number of carbonyl (C=O) groups is 1. The molecule has 0 aliphatic carbocycles. The van der Waals surface area contributed by atoms with Gasteiger partial charge in [-0.15, -0.1) is 0 Å². The van der Waals surface area contributed by atoms with Crippen LogP contribution in [0.5, 0.6) is 0 Å². The van der Waals surface area contributed by atoms with Crippen molar-refractivity contribution in [3.63, 3.8) is 0 Å². The fraction of sp³-hybridized carbons (Fsp3) is 0. The molecule has 1 aromatic carbocycles. The molecule has 0 saturated carbocycles. The number of hydrogen-bond donors (Lipinski definition) is 2. The van der Waals surface area contributed by atoms with Crippen molar-refractivity contribution in [1.82, 2.24) is 4.98 Å². The number of nitrogens with zero attached hydrogens (tertiary/aromatic N) is 2. The number of anilines is 2. The van der Waals surface area contributed by atoms with Crippen LogP contribution < -0.4 is 5.32 Å². The normalized spacial score (nSPS) is 10.2. The maximum atomic E-state index is 13.6. The molecule has 1 heterocycles. The van der Waals surface area contributed by atoms with Crippen molar-refractivity contribution in [1.29, 1.82) is 0 Å². The van der Waals surface area contributed by atoms with Gasteiger partial charge in [0.25, 0.3) is 0 Å². The molecular formula is C12H7ClFN3O4. The third-order valence-electron chi connectivity index (χ3n) is 2.47. The molecule has 0 unspecified atom stereocenters. The number of carboxylic acid groups (broad SMARTS) is 1. The molecule has 2 N–H and O–H groups in total. The molecule has 1 aromatic heterocycles. The van der Waals surface area contributed by atoms with Gasteiger partial charge in [-0.2, -0.15) is 0 Å². The number of aromatic nitrogens is 1. The summed E-state index contributed by atoms with van der Waals surface area (Å²) in [6, 6.07) is 5.53. The Morgan fingerprint density at radius 3 is 2.71 bits per heavy atom. The van der Waals surface area contributed by atoms with Crippen LogP contribution in [-0.4, -0.2) is 21.0 Å². The van der Waals surface area contributed by atoms with E-state index in [9.17, 15) is 19.3 Å². The Hall–Kier alpha value is -2.74. The van der Waals surface area contributed by atoms with Gasteiger partial charge in [0.2, 0.25) is 5.82 Å². The van der Waals surface area contributed by atoms with Crippen molar-refractivity contribution < 1.29 is 19.2 Å². The van der Waals surface area contributed by atoms with Crippen LogP contribution in [0, 0.1) is 15.9 Å². The highest BCUT2D eigenvalue weighted by atomic mass is 35.5. The predicted octanol–water partition coefficient (Wildman–Crippen LogP) is 3.22. The van der Waals surface area contributed by atoms with Crippen molar-refractivity contribution in [3.05, 3.63) is 57.0 Å². The van der Waals surface area contributed by atoms with Gasteiger partial charge in [0.05, 0.1) is 10.6 Å².